The number of anilines is 1. The number of hydrogen-bond donors (Lipinski definition) is 2. The van der Waals surface area contributed by atoms with Crippen molar-refractivity contribution in [2.45, 2.75) is 13.8 Å². The van der Waals surface area contributed by atoms with E-state index in [0.29, 0.717) is 33.2 Å². The largest absolute Gasteiger partial charge is 0.321 e. The third kappa shape index (κ3) is 2.59. The summed E-state index contributed by atoms with van der Waals surface area (Å²) in [4.78, 5) is 12.2. The second-order valence-electron chi connectivity index (χ2n) is 4.06. The molecule has 1 amide bonds. The lowest BCUT2D eigenvalue weighted by molar-refractivity contribution is 0.102. The third-order valence-electron chi connectivity index (χ3n) is 2.71. The number of carbonyl (C=O) groups excluding carboxylic acids is 1. The van der Waals surface area contributed by atoms with E-state index >= 15 is 0 Å². The molecule has 0 saturated heterocycles. The zero-order valence-corrected chi connectivity index (χ0v) is 11.2. The first-order chi connectivity index (χ1) is 9.02. The predicted molar refractivity (Wildman–Crippen MR) is 72.2 cm³/mol. The molecule has 0 aliphatic heterocycles. The van der Waals surface area contributed by atoms with Crippen molar-refractivity contribution < 1.29 is 4.79 Å². The van der Waals surface area contributed by atoms with Gasteiger partial charge in [-0.25, -0.2) is 0 Å². The number of aromatic nitrogens is 2. The van der Waals surface area contributed by atoms with E-state index in [9.17, 15) is 4.79 Å². The van der Waals surface area contributed by atoms with Gasteiger partial charge in [-0.3, -0.25) is 9.89 Å². The molecular weight excluding hydrogens is 264 g/mol. The molecule has 0 bridgehead atoms. The molecular formula is C13H11ClN4O. The van der Waals surface area contributed by atoms with Gasteiger partial charge in [0.25, 0.3) is 5.91 Å². The Bertz CT molecular complexity index is 665. The number of benzene rings is 1. The number of H-pyrrole nitrogens is 1. The van der Waals surface area contributed by atoms with Crippen molar-refractivity contribution >= 4 is 23.2 Å². The molecule has 19 heavy (non-hydrogen) atoms. The van der Waals surface area contributed by atoms with Gasteiger partial charge in [0.2, 0.25) is 0 Å². The monoisotopic (exact) mass is 274 g/mol. The zero-order chi connectivity index (χ0) is 14.0. The molecule has 0 aliphatic carbocycles. The highest BCUT2D eigenvalue weighted by molar-refractivity contribution is 6.31. The van der Waals surface area contributed by atoms with Crippen molar-refractivity contribution in [2.24, 2.45) is 0 Å². The Balaban J connectivity index is 2.35. The fourth-order valence-corrected chi connectivity index (χ4v) is 1.96. The Kier molecular flexibility index (Phi) is 3.54. The average molecular weight is 275 g/mol. The summed E-state index contributed by atoms with van der Waals surface area (Å²) in [6, 6.07) is 6.71. The lowest BCUT2D eigenvalue weighted by Gasteiger charge is -2.07. The smallest absolute Gasteiger partial charge is 0.259 e. The number of nitrogens with one attached hydrogen (secondary N) is 2. The molecule has 0 saturated carbocycles. The van der Waals surface area contributed by atoms with Crippen LogP contribution in [0.1, 0.15) is 27.3 Å². The van der Waals surface area contributed by atoms with Gasteiger partial charge in [0, 0.05) is 10.7 Å². The minimum atomic E-state index is -0.317. The van der Waals surface area contributed by atoms with Gasteiger partial charge < -0.3 is 5.32 Å². The first-order valence-corrected chi connectivity index (χ1v) is 5.93. The Morgan fingerprint density at radius 2 is 2.21 bits per heavy atom. The molecule has 0 atom stereocenters. The van der Waals surface area contributed by atoms with Gasteiger partial charge in [-0.1, -0.05) is 11.6 Å². The van der Waals surface area contributed by atoms with E-state index in [4.69, 9.17) is 16.9 Å². The molecule has 0 aliphatic rings. The van der Waals surface area contributed by atoms with Crippen molar-refractivity contribution in [3.63, 3.8) is 0 Å². The van der Waals surface area contributed by atoms with Gasteiger partial charge in [-0.15, -0.1) is 0 Å². The van der Waals surface area contributed by atoms with Gasteiger partial charge in [-0.05, 0) is 32.0 Å². The lowest BCUT2D eigenvalue weighted by Crippen LogP contribution is -2.14. The molecule has 0 spiro atoms. The van der Waals surface area contributed by atoms with E-state index < -0.39 is 0 Å². The van der Waals surface area contributed by atoms with Crippen LogP contribution in [0.25, 0.3) is 0 Å². The van der Waals surface area contributed by atoms with Gasteiger partial charge >= 0.3 is 0 Å². The maximum Gasteiger partial charge on any atom is 0.259 e. The van der Waals surface area contributed by atoms with Gasteiger partial charge in [-0.2, -0.15) is 10.4 Å². The number of aromatic amines is 1. The number of hydrogen-bond acceptors (Lipinski definition) is 3. The Labute approximate surface area is 115 Å². The van der Waals surface area contributed by atoms with E-state index in [1.54, 1.807) is 32.0 Å². The summed E-state index contributed by atoms with van der Waals surface area (Å²) in [5, 5.41) is 18.8. The number of rotatable bonds is 2. The number of nitriles is 1. The maximum atomic E-state index is 12.2. The lowest BCUT2D eigenvalue weighted by atomic mass is 10.1. The second-order valence-corrected chi connectivity index (χ2v) is 4.50. The van der Waals surface area contributed by atoms with Gasteiger partial charge in [0.05, 0.1) is 22.5 Å². The van der Waals surface area contributed by atoms with Crippen LogP contribution >= 0.6 is 11.6 Å². The van der Waals surface area contributed by atoms with E-state index in [1.165, 1.54) is 0 Å². The Morgan fingerprint density at radius 3 is 2.79 bits per heavy atom. The highest BCUT2D eigenvalue weighted by Crippen LogP contribution is 2.22. The third-order valence-corrected chi connectivity index (χ3v) is 2.94. The van der Waals surface area contributed by atoms with Crippen molar-refractivity contribution in [2.75, 3.05) is 5.32 Å². The minimum absolute atomic E-state index is 0.317. The molecule has 0 unspecified atom stereocenters. The van der Waals surface area contributed by atoms with Crippen molar-refractivity contribution in [1.29, 1.82) is 5.26 Å². The molecule has 2 aromatic rings. The van der Waals surface area contributed by atoms with Gasteiger partial charge in [0.15, 0.2) is 0 Å². The molecule has 2 N–H and O–H groups in total. The topological polar surface area (TPSA) is 81.6 Å². The Hall–Kier alpha value is -2.32. The number of carbonyl (C=O) groups is 1. The van der Waals surface area contributed by atoms with E-state index in [0.717, 1.165) is 0 Å². The number of nitrogens with zero attached hydrogens (tertiary/aromatic N) is 2. The van der Waals surface area contributed by atoms with E-state index in [2.05, 4.69) is 15.5 Å². The molecule has 1 heterocycles. The minimum Gasteiger partial charge on any atom is -0.321 e. The molecule has 0 fully saturated rings. The number of halogens is 1. The summed E-state index contributed by atoms with van der Waals surface area (Å²) in [7, 11) is 0. The fraction of sp³-hybridized carbons (Fsp3) is 0.154. The van der Waals surface area contributed by atoms with Crippen LogP contribution in [0.3, 0.4) is 0 Å². The highest BCUT2D eigenvalue weighted by atomic mass is 35.5. The molecule has 0 radical (unpaired) electrons. The van der Waals surface area contributed by atoms with Gasteiger partial charge in [0.1, 0.15) is 6.07 Å². The van der Waals surface area contributed by atoms with E-state index in [-0.39, 0.29) is 5.91 Å². The molecule has 2 rings (SSSR count). The molecule has 96 valence electrons. The number of aryl methyl sites for hydroxylation is 2. The van der Waals surface area contributed by atoms with Crippen LogP contribution in [0.15, 0.2) is 18.2 Å². The summed E-state index contributed by atoms with van der Waals surface area (Å²) in [5.41, 5.74) is 2.51. The van der Waals surface area contributed by atoms with Crippen LogP contribution in [0.4, 0.5) is 5.69 Å². The standard InChI is InChI=1S/C13H11ClN4O/c1-7-12(8(2)18-17-7)13(19)16-11-5-10(14)4-3-9(11)6-15/h3-5H,1-2H3,(H,16,19)(H,17,18). The van der Waals surface area contributed by atoms with Crippen molar-refractivity contribution in [1.82, 2.24) is 10.2 Å². The average Bonchev–Trinajstić information content (AvgIpc) is 2.69. The van der Waals surface area contributed by atoms with Crippen LogP contribution in [0.2, 0.25) is 5.02 Å². The molecule has 5 nitrogen and oxygen atoms in total. The van der Waals surface area contributed by atoms with Crippen molar-refractivity contribution in [3.05, 3.63) is 45.7 Å². The SMILES string of the molecule is Cc1n[nH]c(C)c1C(=O)Nc1cc(Cl)ccc1C#N. The summed E-state index contributed by atoms with van der Waals surface area (Å²) in [6.45, 7) is 3.50. The highest BCUT2D eigenvalue weighted by Gasteiger charge is 2.16. The summed E-state index contributed by atoms with van der Waals surface area (Å²) in [5.74, 6) is -0.317. The zero-order valence-electron chi connectivity index (χ0n) is 10.4. The molecule has 1 aromatic carbocycles. The van der Waals surface area contributed by atoms with Crippen LogP contribution in [0.5, 0.6) is 0 Å². The second kappa shape index (κ2) is 5.12. The van der Waals surface area contributed by atoms with Crippen LogP contribution in [-0.2, 0) is 0 Å². The van der Waals surface area contributed by atoms with E-state index in [1.807, 2.05) is 6.07 Å². The molecule has 1 aromatic heterocycles. The van der Waals surface area contributed by atoms with Crippen LogP contribution in [-0.4, -0.2) is 16.1 Å². The quantitative estimate of drug-likeness (QED) is 0.883. The Morgan fingerprint density at radius 1 is 1.47 bits per heavy atom. The normalized spacial score (nSPS) is 10.0. The summed E-state index contributed by atoms with van der Waals surface area (Å²) in [6.07, 6.45) is 0. The first kappa shape index (κ1) is 13.1. The first-order valence-electron chi connectivity index (χ1n) is 5.55. The molecule has 6 heteroatoms. The van der Waals surface area contributed by atoms with Crippen LogP contribution in [0, 0.1) is 25.2 Å². The summed E-state index contributed by atoms with van der Waals surface area (Å²) >= 11 is 5.87. The van der Waals surface area contributed by atoms with Crippen LogP contribution < -0.4 is 5.32 Å². The summed E-state index contributed by atoms with van der Waals surface area (Å²) < 4.78 is 0. The predicted octanol–water partition coefficient (Wildman–Crippen LogP) is 2.80. The van der Waals surface area contributed by atoms with Crippen molar-refractivity contribution in [3.8, 4) is 6.07 Å². The number of amides is 1. The maximum absolute atomic E-state index is 12.2. The fourth-order valence-electron chi connectivity index (χ4n) is 1.79.